The van der Waals surface area contributed by atoms with Crippen molar-refractivity contribution in [3.8, 4) is 34.2 Å². The number of aromatic nitrogens is 4. The lowest BCUT2D eigenvalue weighted by atomic mass is 10.0. The molecule has 5 nitrogen and oxygen atoms in total. The summed E-state index contributed by atoms with van der Waals surface area (Å²) >= 11 is 0. The number of furan rings is 1. The van der Waals surface area contributed by atoms with Gasteiger partial charge < -0.3 is 8.98 Å². The Morgan fingerprint density at radius 2 is 1.04 bits per heavy atom. The predicted molar refractivity (Wildman–Crippen MR) is 209 cm³/mol. The lowest BCUT2D eigenvalue weighted by Gasteiger charge is -2.12. The Balaban J connectivity index is 1.23. The van der Waals surface area contributed by atoms with E-state index in [1.54, 1.807) is 0 Å². The Morgan fingerprint density at radius 3 is 1.80 bits per heavy atom. The van der Waals surface area contributed by atoms with Crippen LogP contribution in [-0.4, -0.2) is 19.1 Å². The van der Waals surface area contributed by atoms with Gasteiger partial charge in [-0.15, -0.1) is 0 Å². The fourth-order valence-corrected chi connectivity index (χ4v) is 7.91. The van der Waals surface area contributed by atoms with E-state index >= 15 is 0 Å². The molecule has 0 unspecified atom stereocenters. The van der Waals surface area contributed by atoms with Crippen LogP contribution < -0.4 is 0 Å². The van der Waals surface area contributed by atoms with E-state index < -0.39 is 0 Å². The summed E-state index contributed by atoms with van der Waals surface area (Å²) < 4.78 is 11.4. The molecule has 0 aliphatic heterocycles. The highest BCUT2D eigenvalue weighted by Gasteiger charge is 2.22. The number of rotatable bonds is 4. The molecule has 0 saturated carbocycles. The lowest BCUT2D eigenvalue weighted by molar-refractivity contribution is 0.669. The molecule has 0 atom stereocenters. The molecular weight excluding hydrogens is 625 g/mol. The third-order valence-corrected chi connectivity index (χ3v) is 10.1. The molecule has 238 valence electrons. The molecule has 5 heteroatoms. The monoisotopic (exact) mass is 652 g/mol. The normalized spacial score (nSPS) is 11.9. The molecule has 0 N–H and O–H groups in total. The standard InChI is InChI=1S/C46H28N4O/c1-4-14-29(15-5-1)36-27-43(48-46(47-36)30-16-6-2-7-17-30)50-37-22-12-10-20-32(37)34-26-35-42(28-40(34)50)51-41-25-24-39-44(45(35)41)33-21-11-13-23-38(33)49(39)31-18-8-3-9-19-31/h1-28H. The topological polar surface area (TPSA) is 48.8 Å². The fraction of sp³-hybridized carbons (Fsp3) is 0. The maximum Gasteiger partial charge on any atom is 0.162 e. The Morgan fingerprint density at radius 1 is 0.392 bits per heavy atom. The molecule has 51 heavy (non-hydrogen) atoms. The van der Waals surface area contributed by atoms with E-state index in [-0.39, 0.29) is 0 Å². The van der Waals surface area contributed by atoms with E-state index in [9.17, 15) is 0 Å². The molecule has 0 fully saturated rings. The van der Waals surface area contributed by atoms with Crippen LogP contribution in [0, 0.1) is 0 Å². The summed E-state index contributed by atoms with van der Waals surface area (Å²) in [5.74, 6) is 1.48. The average molecular weight is 653 g/mol. The second-order valence-corrected chi connectivity index (χ2v) is 13.0. The second kappa shape index (κ2) is 10.8. The molecule has 0 amide bonds. The van der Waals surface area contributed by atoms with Crippen LogP contribution in [0.3, 0.4) is 0 Å². The van der Waals surface area contributed by atoms with Crippen LogP contribution >= 0.6 is 0 Å². The van der Waals surface area contributed by atoms with Crippen LogP contribution in [0.15, 0.2) is 174 Å². The van der Waals surface area contributed by atoms with Gasteiger partial charge in [0.25, 0.3) is 0 Å². The van der Waals surface area contributed by atoms with Crippen molar-refractivity contribution in [2.45, 2.75) is 0 Å². The summed E-state index contributed by atoms with van der Waals surface area (Å²) in [5.41, 5.74) is 10.2. The van der Waals surface area contributed by atoms with Crippen molar-refractivity contribution in [1.82, 2.24) is 19.1 Å². The average Bonchev–Trinajstić information content (AvgIpc) is 3.85. The minimum Gasteiger partial charge on any atom is -0.456 e. The third-order valence-electron chi connectivity index (χ3n) is 10.1. The van der Waals surface area contributed by atoms with Gasteiger partial charge in [0.2, 0.25) is 0 Å². The van der Waals surface area contributed by atoms with Gasteiger partial charge in [0.05, 0.1) is 27.8 Å². The van der Waals surface area contributed by atoms with Crippen molar-refractivity contribution < 1.29 is 4.42 Å². The molecule has 0 aliphatic carbocycles. The first-order chi connectivity index (χ1) is 25.3. The van der Waals surface area contributed by atoms with E-state index in [0.29, 0.717) is 5.82 Å². The zero-order valence-corrected chi connectivity index (χ0v) is 27.4. The van der Waals surface area contributed by atoms with Gasteiger partial charge in [-0.3, -0.25) is 4.57 Å². The second-order valence-electron chi connectivity index (χ2n) is 13.0. The zero-order chi connectivity index (χ0) is 33.5. The first kappa shape index (κ1) is 27.9. The number of benzene rings is 7. The highest BCUT2D eigenvalue weighted by atomic mass is 16.3. The largest absolute Gasteiger partial charge is 0.456 e. The minimum atomic E-state index is 0.680. The van der Waals surface area contributed by atoms with Crippen molar-refractivity contribution in [3.05, 3.63) is 170 Å². The first-order valence-electron chi connectivity index (χ1n) is 17.2. The molecule has 0 radical (unpaired) electrons. The lowest BCUT2D eigenvalue weighted by Crippen LogP contribution is -2.02. The van der Waals surface area contributed by atoms with Gasteiger partial charge in [0.1, 0.15) is 17.0 Å². The van der Waals surface area contributed by atoms with E-state index in [4.69, 9.17) is 14.4 Å². The Labute approximate surface area is 292 Å². The molecule has 11 rings (SSSR count). The van der Waals surface area contributed by atoms with Gasteiger partial charge in [0.15, 0.2) is 5.82 Å². The number of para-hydroxylation sites is 3. The van der Waals surface area contributed by atoms with Crippen molar-refractivity contribution >= 4 is 65.6 Å². The molecule has 4 aromatic heterocycles. The number of hydrogen-bond donors (Lipinski definition) is 0. The van der Waals surface area contributed by atoms with Gasteiger partial charge in [-0.05, 0) is 42.5 Å². The van der Waals surface area contributed by atoms with Gasteiger partial charge >= 0.3 is 0 Å². The molecule has 11 aromatic rings. The maximum absolute atomic E-state index is 6.75. The SMILES string of the molecule is c1ccc(-c2cc(-n3c4ccccc4c4cc5c(cc43)oc3ccc4c(c6ccccc6n4-c4ccccc4)c35)nc(-c3ccccc3)n2)cc1. The Kier molecular flexibility index (Phi) is 5.89. The summed E-state index contributed by atoms with van der Waals surface area (Å²) in [4.78, 5) is 10.3. The molecule has 0 saturated heterocycles. The van der Waals surface area contributed by atoms with Crippen LogP contribution in [0.2, 0.25) is 0 Å². The van der Waals surface area contributed by atoms with Crippen molar-refractivity contribution in [2.24, 2.45) is 0 Å². The minimum absolute atomic E-state index is 0.680. The third kappa shape index (κ3) is 4.15. The van der Waals surface area contributed by atoms with Crippen LogP contribution in [0.1, 0.15) is 0 Å². The molecule has 0 aliphatic rings. The van der Waals surface area contributed by atoms with Gasteiger partial charge in [-0.2, -0.15) is 0 Å². The number of hydrogen-bond acceptors (Lipinski definition) is 3. The van der Waals surface area contributed by atoms with Crippen molar-refractivity contribution in [3.63, 3.8) is 0 Å². The summed E-state index contributed by atoms with van der Waals surface area (Å²) in [6, 6.07) is 59.3. The molecular formula is C46H28N4O. The van der Waals surface area contributed by atoms with E-state index in [1.807, 2.05) is 36.4 Å². The summed E-state index contributed by atoms with van der Waals surface area (Å²) in [7, 11) is 0. The van der Waals surface area contributed by atoms with Crippen molar-refractivity contribution in [2.75, 3.05) is 0 Å². The molecule has 7 aromatic carbocycles. The Bertz CT molecular complexity index is 3060. The predicted octanol–water partition coefficient (Wildman–Crippen LogP) is 11.9. The van der Waals surface area contributed by atoms with E-state index in [0.717, 1.165) is 77.6 Å². The van der Waals surface area contributed by atoms with Crippen LogP contribution in [0.5, 0.6) is 0 Å². The van der Waals surface area contributed by atoms with Gasteiger partial charge in [0, 0.05) is 61.3 Å². The highest BCUT2D eigenvalue weighted by molar-refractivity contribution is 6.29. The maximum atomic E-state index is 6.75. The van der Waals surface area contributed by atoms with Gasteiger partial charge in [-0.25, -0.2) is 9.97 Å². The summed E-state index contributed by atoms with van der Waals surface area (Å²) in [5, 5.41) is 6.93. The van der Waals surface area contributed by atoms with Crippen LogP contribution in [-0.2, 0) is 0 Å². The van der Waals surface area contributed by atoms with Gasteiger partial charge in [-0.1, -0.05) is 115 Å². The quantitative estimate of drug-likeness (QED) is 0.190. The van der Waals surface area contributed by atoms with E-state index in [1.165, 1.54) is 16.3 Å². The van der Waals surface area contributed by atoms with Crippen molar-refractivity contribution in [1.29, 1.82) is 0 Å². The first-order valence-corrected chi connectivity index (χ1v) is 17.2. The van der Waals surface area contributed by atoms with Crippen LogP contribution in [0.4, 0.5) is 0 Å². The number of nitrogens with zero attached hydrogens (tertiary/aromatic N) is 4. The molecule has 0 spiro atoms. The molecule has 0 bridgehead atoms. The summed E-state index contributed by atoms with van der Waals surface area (Å²) in [6.45, 7) is 0. The molecule has 4 heterocycles. The Hall–Kier alpha value is -6.98. The summed E-state index contributed by atoms with van der Waals surface area (Å²) in [6.07, 6.45) is 0. The number of fused-ring (bicyclic) bond motifs is 10. The van der Waals surface area contributed by atoms with Crippen LogP contribution in [0.25, 0.3) is 99.7 Å². The highest BCUT2D eigenvalue weighted by Crippen LogP contribution is 2.44. The fourth-order valence-electron chi connectivity index (χ4n) is 7.91. The zero-order valence-electron chi connectivity index (χ0n) is 27.4. The van der Waals surface area contributed by atoms with E-state index in [2.05, 4.69) is 143 Å². The smallest absolute Gasteiger partial charge is 0.162 e.